The quantitative estimate of drug-likeness (QED) is 0.847. The van der Waals surface area contributed by atoms with E-state index in [0.29, 0.717) is 5.56 Å². The third-order valence-electron chi connectivity index (χ3n) is 5.96. The van der Waals surface area contributed by atoms with Crippen LogP contribution in [0.2, 0.25) is 0 Å². The minimum Gasteiger partial charge on any atom is -0.372 e. The molecule has 2 aromatic rings. The smallest absolute Gasteiger partial charge is 0.257 e. The molecule has 1 N–H and O–H groups in total. The lowest BCUT2D eigenvalue weighted by Gasteiger charge is -2.31. The van der Waals surface area contributed by atoms with E-state index in [0.717, 1.165) is 43.6 Å². The molecule has 2 aliphatic heterocycles. The summed E-state index contributed by atoms with van der Waals surface area (Å²) < 4.78 is 0. The van der Waals surface area contributed by atoms with Gasteiger partial charge in [-0.2, -0.15) is 0 Å². The fourth-order valence-corrected chi connectivity index (χ4v) is 4.06. The Morgan fingerprint density at radius 3 is 2.29 bits per heavy atom. The summed E-state index contributed by atoms with van der Waals surface area (Å²) in [5, 5.41) is 2.98. The van der Waals surface area contributed by atoms with Gasteiger partial charge in [-0.25, -0.2) is 4.98 Å². The molecule has 2 aliphatic rings. The molecule has 0 bridgehead atoms. The Hall–Kier alpha value is -2.56. The van der Waals surface area contributed by atoms with Crippen LogP contribution in [0.3, 0.4) is 0 Å². The van der Waals surface area contributed by atoms with Gasteiger partial charge in [0.2, 0.25) is 0 Å². The molecule has 0 radical (unpaired) electrons. The van der Waals surface area contributed by atoms with Gasteiger partial charge in [-0.15, -0.1) is 0 Å². The van der Waals surface area contributed by atoms with E-state index in [2.05, 4.69) is 39.2 Å². The number of benzene rings is 1. The van der Waals surface area contributed by atoms with Gasteiger partial charge in [0.25, 0.3) is 5.91 Å². The van der Waals surface area contributed by atoms with Crippen molar-refractivity contribution in [2.75, 3.05) is 41.3 Å². The fourth-order valence-electron chi connectivity index (χ4n) is 4.06. The number of piperidine rings is 2. The third kappa shape index (κ3) is 4.46. The van der Waals surface area contributed by atoms with Crippen molar-refractivity contribution in [3.63, 3.8) is 0 Å². The largest absolute Gasteiger partial charge is 0.372 e. The second kappa shape index (κ2) is 8.63. The van der Waals surface area contributed by atoms with E-state index < -0.39 is 0 Å². The lowest BCUT2D eigenvalue weighted by molar-refractivity contribution is 0.102. The Bertz CT molecular complexity index is 773. The number of carbonyl (C=O) groups excluding carboxylic acids is 1. The molecule has 28 heavy (non-hydrogen) atoms. The van der Waals surface area contributed by atoms with Crippen LogP contribution in [0.5, 0.6) is 0 Å². The Morgan fingerprint density at radius 1 is 0.929 bits per heavy atom. The highest BCUT2D eigenvalue weighted by Crippen LogP contribution is 2.23. The SMILES string of the molecule is CC1CCN(c2ccc(C(=O)Nc3ccc(N4CCCCC4)cc3)cn2)CC1. The van der Waals surface area contributed by atoms with Gasteiger partial charge < -0.3 is 15.1 Å². The molecule has 5 nitrogen and oxygen atoms in total. The summed E-state index contributed by atoms with van der Waals surface area (Å²) in [6.45, 7) is 6.64. The zero-order valence-electron chi connectivity index (χ0n) is 16.7. The molecule has 0 saturated carbocycles. The number of hydrogen-bond acceptors (Lipinski definition) is 4. The average Bonchev–Trinajstić information content (AvgIpc) is 2.75. The van der Waals surface area contributed by atoms with Crippen molar-refractivity contribution in [3.8, 4) is 0 Å². The zero-order valence-corrected chi connectivity index (χ0v) is 16.7. The van der Waals surface area contributed by atoms with Crippen molar-refractivity contribution < 1.29 is 4.79 Å². The van der Waals surface area contributed by atoms with Gasteiger partial charge in [0.05, 0.1) is 5.56 Å². The molecule has 1 aromatic carbocycles. The molecule has 1 amide bonds. The number of amides is 1. The maximum atomic E-state index is 12.6. The van der Waals surface area contributed by atoms with Crippen LogP contribution in [0.25, 0.3) is 0 Å². The summed E-state index contributed by atoms with van der Waals surface area (Å²) in [5.74, 6) is 1.65. The van der Waals surface area contributed by atoms with Crippen LogP contribution in [-0.4, -0.2) is 37.1 Å². The monoisotopic (exact) mass is 378 g/mol. The van der Waals surface area contributed by atoms with Crippen molar-refractivity contribution >= 4 is 23.1 Å². The number of rotatable bonds is 4. The number of aromatic nitrogens is 1. The zero-order chi connectivity index (χ0) is 19.3. The van der Waals surface area contributed by atoms with E-state index in [1.807, 2.05) is 24.3 Å². The topological polar surface area (TPSA) is 48.5 Å². The van der Waals surface area contributed by atoms with Crippen molar-refractivity contribution in [3.05, 3.63) is 48.2 Å². The third-order valence-corrected chi connectivity index (χ3v) is 5.96. The maximum Gasteiger partial charge on any atom is 0.257 e. The summed E-state index contributed by atoms with van der Waals surface area (Å²) in [4.78, 5) is 21.8. The highest BCUT2D eigenvalue weighted by molar-refractivity contribution is 6.04. The van der Waals surface area contributed by atoms with Crippen LogP contribution < -0.4 is 15.1 Å². The van der Waals surface area contributed by atoms with Crippen LogP contribution in [0, 0.1) is 5.92 Å². The number of nitrogens with one attached hydrogen (secondary N) is 1. The molecule has 0 unspecified atom stereocenters. The van der Waals surface area contributed by atoms with E-state index in [-0.39, 0.29) is 5.91 Å². The molecular weight excluding hydrogens is 348 g/mol. The molecule has 2 saturated heterocycles. The minimum atomic E-state index is -0.114. The molecular formula is C23H30N4O. The van der Waals surface area contributed by atoms with Crippen molar-refractivity contribution in [2.45, 2.75) is 39.0 Å². The van der Waals surface area contributed by atoms with Crippen LogP contribution in [0.15, 0.2) is 42.6 Å². The van der Waals surface area contributed by atoms with Crippen LogP contribution >= 0.6 is 0 Å². The molecule has 148 valence electrons. The van der Waals surface area contributed by atoms with Gasteiger partial charge in [0.1, 0.15) is 5.82 Å². The van der Waals surface area contributed by atoms with Gasteiger partial charge in [-0.1, -0.05) is 6.92 Å². The molecule has 2 fully saturated rings. The van der Waals surface area contributed by atoms with Crippen LogP contribution in [0.4, 0.5) is 17.2 Å². The minimum absolute atomic E-state index is 0.114. The molecule has 0 atom stereocenters. The summed E-state index contributed by atoms with van der Waals surface area (Å²) >= 11 is 0. The van der Waals surface area contributed by atoms with E-state index in [1.54, 1.807) is 6.20 Å². The maximum absolute atomic E-state index is 12.6. The van der Waals surface area contributed by atoms with Crippen molar-refractivity contribution in [2.24, 2.45) is 5.92 Å². The Balaban J connectivity index is 1.35. The first-order chi connectivity index (χ1) is 13.7. The van der Waals surface area contributed by atoms with Crippen LogP contribution in [-0.2, 0) is 0 Å². The lowest BCUT2D eigenvalue weighted by Crippen LogP contribution is -2.33. The Morgan fingerprint density at radius 2 is 1.64 bits per heavy atom. The summed E-state index contributed by atoms with van der Waals surface area (Å²) in [5.41, 5.74) is 2.65. The summed E-state index contributed by atoms with van der Waals surface area (Å²) in [6, 6.07) is 12.0. The van der Waals surface area contributed by atoms with E-state index in [4.69, 9.17) is 0 Å². The van der Waals surface area contributed by atoms with Crippen molar-refractivity contribution in [1.29, 1.82) is 0 Å². The van der Waals surface area contributed by atoms with E-state index in [9.17, 15) is 4.79 Å². The predicted molar refractivity (Wildman–Crippen MR) is 115 cm³/mol. The Kier molecular flexibility index (Phi) is 5.79. The first-order valence-electron chi connectivity index (χ1n) is 10.6. The van der Waals surface area contributed by atoms with E-state index >= 15 is 0 Å². The van der Waals surface area contributed by atoms with Gasteiger partial charge >= 0.3 is 0 Å². The molecule has 3 heterocycles. The van der Waals surface area contributed by atoms with Gasteiger partial charge in [0, 0.05) is 43.8 Å². The highest BCUT2D eigenvalue weighted by Gasteiger charge is 2.17. The first-order valence-corrected chi connectivity index (χ1v) is 10.6. The molecule has 0 aliphatic carbocycles. The van der Waals surface area contributed by atoms with Crippen molar-refractivity contribution in [1.82, 2.24) is 4.98 Å². The van der Waals surface area contributed by atoms with E-state index in [1.165, 1.54) is 37.8 Å². The standard InChI is InChI=1S/C23H30N4O/c1-18-11-15-27(16-12-18)22-10-5-19(17-24-22)23(28)25-20-6-8-21(9-7-20)26-13-3-2-4-14-26/h5-10,17-18H,2-4,11-16H2,1H3,(H,25,28). The van der Waals surface area contributed by atoms with Crippen LogP contribution in [0.1, 0.15) is 49.4 Å². The lowest BCUT2D eigenvalue weighted by atomic mass is 9.99. The predicted octanol–water partition coefficient (Wildman–Crippen LogP) is 4.56. The van der Waals surface area contributed by atoms with Gasteiger partial charge in [0.15, 0.2) is 0 Å². The molecule has 5 heteroatoms. The highest BCUT2D eigenvalue weighted by atomic mass is 16.1. The fraction of sp³-hybridized carbons (Fsp3) is 0.478. The first kappa shape index (κ1) is 18.8. The molecule has 0 spiro atoms. The normalized spacial score (nSPS) is 18.2. The Labute approximate surface area is 167 Å². The number of pyridine rings is 1. The van der Waals surface area contributed by atoms with Gasteiger partial charge in [-0.05, 0) is 74.4 Å². The number of anilines is 3. The molecule has 4 rings (SSSR count). The number of nitrogens with zero attached hydrogens (tertiary/aromatic N) is 3. The summed E-state index contributed by atoms with van der Waals surface area (Å²) in [6.07, 6.45) is 7.95. The second-order valence-corrected chi connectivity index (χ2v) is 8.12. The van der Waals surface area contributed by atoms with Gasteiger partial charge in [-0.3, -0.25) is 4.79 Å². The summed E-state index contributed by atoms with van der Waals surface area (Å²) in [7, 11) is 0. The number of carbonyl (C=O) groups is 1. The molecule has 1 aromatic heterocycles. The average molecular weight is 379 g/mol. The second-order valence-electron chi connectivity index (χ2n) is 8.12. The number of hydrogen-bond donors (Lipinski definition) is 1.